The van der Waals surface area contributed by atoms with E-state index in [0.717, 1.165) is 4.90 Å². The van der Waals surface area contributed by atoms with Crippen molar-refractivity contribution in [1.82, 2.24) is 4.90 Å². The largest absolute Gasteiger partial charge is 0.398 e. The maximum absolute atomic E-state index is 12.4. The first-order chi connectivity index (χ1) is 8.86. The highest BCUT2D eigenvalue weighted by atomic mass is 79.9. The lowest BCUT2D eigenvalue weighted by molar-refractivity contribution is 0.0508. The molecule has 0 saturated carbocycles. The number of nitrogen functional groups attached to an aromatic ring is 1. The summed E-state index contributed by atoms with van der Waals surface area (Å²) in [6.45, 7) is 0.412. The molecular formula is C12H15BrF2N2O2. The van der Waals surface area contributed by atoms with Gasteiger partial charge in [-0.15, -0.1) is 0 Å². The predicted molar refractivity (Wildman–Crippen MR) is 72.3 cm³/mol. The Bertz CT molecular complexity index is 469. The molecule has 0 atom stereocenters. The van der Waals surface area contributed by atoms with E-state index in [4.69, 9.17) is 10.8 Å². The van der Waals surface area contributed by atoms with Gasteiger partial charge in [-0.1, -0.05) is 15.9 Å². The molecule has 1 amide bonds. The second-order valence-corrected chi connectivity index (χ2v) is 4.95. The molecule has 4 nitrogen and oxygen atoms in total. The number of nitrogens with two attached hydrogens (primary N) is 1. The van der Waals surface area contributed by atoms with Crippen molar-refractivity contribution >= 4 is 27.5 Å². The van der Waals surface area contributed by atoms with E-state index in [-0.39, 0.29) is 18.7 Å². The van der Waals surface area contributed by atoms with Crippen LogP contribution in [0.4, 0.5) is 14.5 Å². The molecule has 0 aliphatic rings. The van der Waals surface area contributed by atoms with Gasteiger partial charge in [-0.05, 0) is 24.6 Å². The summed E-state index contributed by atoms with van der Waals surface area (Å²) in [7, 11) is 0. The van der Waals surface area contributed by atoms with E-state index in [2.05, 4.69) is 15.9 Å². The number of alkyl halides is 2. The summed E-state index contributed by atoms with van der Waals surface area (Å²) >= 11 is 3.21. The van der Waals surface area contributed by atoms with Crippen molar-refractivity contribution in [3.05, 3.63) is 27.7 Å². The van der Waals surface area contributed by atoms with Crippen molar-refractivity contribution in [3.63, 3.8) is 0 Å². The standard InChI is InChI=1S/C12H15BrF2N2O2/c1-7-9(4-8(13)5-10(7)16)12(19)17(2-3-18)6-11(14)15/h4-5,11,18H,2-3,6,16H2,1H3. The number of rotatable bonds is 5. The van der Waals surface area contributed by atoms with Crippen LogP contribution in [0.25, 0.3) is 0 Å². The summed E-state index contributed by atoms with van der Waals surface area (Å²) in [6.07, 6.45) is -2.65. The average Bonchev–Trinajstić information content (AvgIpc) is 2.32. The fourth-order valence-electron chi connectivity index (χ4n) is 1.66. The molecule has 106 valence electrons. The Hall–Kier alpha value is -1.21. The number of halogens is 3. The summed E-state index contributed by atoms with van der Waals surface area (Å²) < 4.78 is 25.5. The summed E-state index contributed by atoms with van der Waals surface area (Å²) in [6, 6.07) is 3.17. The van der Waals surface area contributed by atoms with Crippen LogP contribution in [-0.2, 0) is 0 Å². The first kappa shape index (κ1) is 15.8. The normalized spacial score (nSPS) is 10.8. The van der Waals surface area contributed by atoms with E-state index in [1.54, 1.807) is 13.0 Å². The molecular weight excluding hydrogens is 322 g/mol. The molecule has 7 heteroatoms. The third-order valence-electron chi connectivity index (χ3n) is 2.66. The minimum atomic E-state index is -2.65. The number of aliphatic hydroxyl groups is 1. The summed E-state index contributed by atoms with van der Waals surface area (Å²) in [5.74, 6) is -0.570. The SMILES string of the molecule is Cc1c(N)cc(Br)cc1C(=O)N(CCO)CC(F)F. The van der Waals surface area contributed by atoms with Crippen LogP contribution in [-0.4, -0.2) is 42.0 Å². The fraction of sp³-hybridized carbons (Fsp3) is 0.417. The Labute approximate surface area is 118 Å². The molecule has 1 aromatic rings. The van der Waals surface area contributed by atoms with Crippen molar-refractivity contribution in [2.45, 2.75) is 13.3 Å². The number of carbonyl (C=O) groups excluding carboxylic acids is 1. The van der Waals surface area contributed by atoms with Gasteiger partial charge in [0.25, 0.3) is 12.3 Å². The molecule has 0 radical (unpaired) electrons. The van der Waals surface area contributed by atoms with Gasteiger partial charge < -0.3 is 15.7 Å². The molecule has 0 bridgehead atoms. The summed E-state index contributed by atoms with van der Waals surface area (Å²) in [4.78, 5) is 13.1. The molecule has 1 rings (SSSR count). The van der Waals surface area contributed by atoms with Crippen LogP contribution < -0.4 is 5.73 Å². The second-order valence-electron chi connectivity index (χ2n) is 4.03. The van der Waals surface area contributed by atoms with E-state index >= 15 is 0 Å². The van der Waals surface area contributed by atoms with E-state index in [9.17, 15) is 13.6 Å². The number of hydrogen-bond acceptors (Lipinski definition) is 3. The topological polar surface area (TPSA) is 66.6 Å². The van der Waals surface area contributed by atoms with Gasteiger partial charge in [-0.3, -0.25) is 4.79 Å². The first-order valence-electron chi connectivity index (χ1n) is 5.60. The molecule has 0 aliphatic carbocycles. The Morgan fingerprint density at radius 2 is 2.16 bits per heavy atom. The van der Waals surface area contributed by atoms with E-state index in [0.29, 0.717) is 15.7 Å². The van der Waals surface area contributed by atoms with E-state index in [1.165, 1.54) is 6.07 Å². The third kappa shape index (κ3) is 4.14. The van der Waals surface area contributed by atoms with Crippen molar-refractivity contribution in [3.8, 4) is 0 Å². The smallest absolute Gasteiger partial charge is 0.255 e. The predicted octanol–water partition coefficient (Wildman–Crippen LogP) is 2.04. The molecule has 1 aromatic carbocycles. The van der Waals surface area contributed by atoms with Crippen molar-refractivity contribution < 1.29 is 18.7 Å². The van der Waals surface area contributed by atoms with Crippen molar-refractivity contribution in [2.75, 3.05) is 25.4 Å². The van der Waals surface area contributed by atoms with Gasteiger partial charge in [-0.25, -0.2) is 8.78 Å². The van der Waals surface area contributed by atoms with Crippen molar-refractivity contribution in [2.24, 2.45) is 0 Å². The number of hydrogen-bond donors (Lipinski definition) is 2. The highest BCUT2D eigenvalue weighted by Crippen LogP contribution is 2.24. The minimum absolute atomic E-state index is 0.144. The van der Waals surface area contributed by atoms with Crippen LogP contribution in [0.3, 0.4) is 0 Å². The molecule has 0 fully saturated rings. The number of amides is 1. The maximum Gasteiger partial charge on any atom is 0.255 e. The Morgan fingerprint density at radius 1 is 1.53 bits per heavy atom. The number of benzene rings is 1. The van der Waals surface area contributed by atoms with Crippen LogP contribution in [0.1, 0.15) is 15.9 Å². The third-order valence-corrected chi connectivity index (χ3v) is 3.12. The monoisotopic (exact) mass is 336 g/mol. The lowest BCUT2D eigenvalue weighted by atomic mass is 10.1. The van der Waals surface area contributed by atoms with Crippen LogP contribution in [0, 0.1) is 6.92 Å². The van der Waals surface area contributed by atoms with Gasteiger partial charge >= 0.3 is 0 Å². The molecule has 0 spiro atoms. The number of aliphatic hydroxyl groups excluding tert-OH is 1. The molecule has 19 heavy (non-hydrogen) atoms. The number of carbonyl (C=O) groups is 1. The van der Waals surface area contributed by atoms with Gasteiger partial charge in [0.15, 0.2) is 0 Å². The zero-order valence-electron chi connectivity index (χ0n) is 10.4. The molecule has 0 heterocycles. The maximum atomic E-state index is 12.4. The van der Waals surface area contributed by atoms with Crippen LogP contribution in [0.5, 0.6) is 0 Å². The molecule has 0 aliphatic heterocycles. The Kier molecular flexibility index (Phi) is 5.68. The van der Waals surface area contributed by atoms with E-state index in [1.807, 2.05) is 0 Å². The summed E-state index contributed by atoms with van der Waals surface area (Å²) in [5.41, 5.74) is 6.92. The number of nitrogens with zero attached hydrogens (tertiary/aromatic N) is 1. The molecule has 0 saturated heterocycles. The molecule has 3 N–H and O–H groups in total. The minimum Gasteiger partial charge on any atom is -0.398 e. The highest BCUT2D eigenvalue weighted by Gasteiger charge is 2.21. The molecule has 0 aromatic heterocycles. The van der Waals surface area contributed by atoms with Gasteiger partial charge in [0.05, 0.1) is 13.2 Å². The molecule has 0 unspecified atom stereocenters. The van der Waals surface area contributed by atoms with Gasteiger partial charge in [0.2, 0.25) is 0 Å². The second kappa shape index (κ2) is 6.81. The quantitative estimate of drug-likeness (QED) is 0.808. The van der Waals surface area contributed by atoms with Gasteiger partial charge in [0, 0.05) is 22.3 Å². The summed E-state index contributed by atoms with van der Waals surface area (Å²) in [5, 5.41) is 8.85. The highest BCUT2D eigenvalue weighted by molar-refractivity contribution is 9.10. The average molecular weight is 337 g/mol. The van der Waals surface area contributed by atoms with Crippen LogP contribution >= 0.6 is 15.9 Å². The van der Waals surface area contributed by atoms with Gasteiger partial charge in [0.1, 0.15) is 0 Å². The van der Waals surface area contributed by atoms with Crippen molar-refractivity contribution in [1.29, 1.82) is 0 Å². The van der Waals surface area contributed by atoms with Crippen LogP contribution in [0.2, 0.25) is 0 Å². The van der Waals surface area contributed by atoms with E-state index < -0.39 is 18.9 Å². The van der Waals surface area contributed by atoms with Crippen LogP contribution in [0.15, 0.2) is 16.6 Å². The lowest BCUT2D eigenvalue weighted by Gasteiger charge is -2.22. The zero-order valence-corrected chi connectivity index (χ0v) is 12.0. The first-order valence-corrected chi connectivity index (χ1v) is 6.40. The zero-order chi connectivity index (χ0) is 14.6. The number of anilines is 1. The Morgan fingerprint density at radius 3 is 2.68 bits per heavy atom. The fourth-order valence-corrected chi connectivity index (χ4v) is 2.13. The van der Waals surface area contributed by atoms with Gasteiger partial charge in [-0.2, -0.15) is 0 Å². The lowest BCUT2D eigenvalue weighted by Crippen LogP contribution is -2.37. The Balaban J connectivity index is 3.08.